The van der Waals surface area contributed by atoms with Crippen LogP contribution in [0.3, 0.4) is 0 Å². The van der Waals surface area contributed by atoms with E-state index in [-0.39, 0.29) is 30.5 Å². The zero-order chi connectivity index (χ0) is 21.1. The SMILES string of the molecule is COC(=O)Cc1ccc(-c2cc(C(C)(C)C)c(OC(C)C)c(CO)c2C)cc1. The van der Waals surface area contributed by atoms with E-state index >= 15 is 0 Å². The molecule has 0 spiro atoms. The monoisotopic (exact) mass is 384 g/mol. The number of hydrogen-bond donors (Lipinski definition) is 1. The lowest BCUT2D eigenvalue weighted by molar-refractivity contribution is -0.139. The van der Waals surface area contributed by atoms with Crippen molar-refractivity contribution in [2.24, 2.45) is 0 Å². The normalized spacial score (nSPS) is 11.6. The number of carbonyl (C=O) groups excluding carboxylic acids is 1. The summed E-state index contributed by atoms with van der Waals surface area (Å²) in [6.45, 7) is 12.4. The molecule has 4 nitrogen and oxygen atoms in total. The fourth-order valence-electron chi connectivity index (χ4n) is 3.27. The van der Waals surface area contributed by atoms with Crippen molar-refractivity contribution in [3.8, 4) is 16.9 Å². The maximum atomic E-state index is 11.5. The van der Waals surface area contributed by atoms with Crippen LogP contribution in [-0.2, 0) is 28.0 Å². The van der Waals surface area contributed by atoms with Crippen LogP contribution in [0.5, 0.6) is 5.75 Å². The van der Waals surface area contributed by atoms with Gasteiger partial charge >= 0.3 is 5.97 Å². The Morgan fingerprint density at radius 3 is 2.21 bits per heavy atom. The Bertz CT molecular complexity index is 827. The number of carbonyl (C=O) groups is 1. The quantitative estimate of drug-likeness (QED) is 0.716. The molecule has 0 unspecified atom stereocenters. The molecule has 0 aliphatic rings. The van der Waals surface area contributed by atoms with Gasteiger partial charge in [0, 0.05) is 11.1 Å². The average molecular weight is 385 g/mol. The molecule has 28 heavy (non-hydrogen) atoms. The summed E-state index contributed by atoms with van der Waals surface area (Å²) in [5.41, 5.74) is 5.79. The Morgan fingerprint density at radius 2 is 1.75 bits per heavy atom. The first-order chi connectivity index (χ1) is 13.1. The molecule has 0 heterocycles. The fourth-order valence-corrected chi connectivity index (χ4v) is 3.27. The number of benzene rings is 2. The molecule has 0 aliphatic carbocycles. The summed E-state index contributed by atoms with van der Waals surface area (Å²) >= 11 is 0. The van der Waals surface area contributed by atoms with Gasteiger partial charge in [0.25, 0.3) is 0 Å². The molecule has 0 aliphatic heterocycles. The molecule has 2 aromatic carbocycles. The minimum atomic E-state index is -0.253. The van der Waals surface area contributed by atoms with E-state index in [9.17, 15) is 9.90 Å². The average Bonchev–Trinajstić information content (AvgIpc) is 2.61. The van der Waals surface area contributed by atoms with Gasteiger partial charge in [-0.1, -0.05) is 45.0 Å². The van der Waals surface area contributed by atoms with Crippen LogP contribution in [0.1, 0.15) is 56.9 Å². The molecule has 0 amide bonds. The van der Waals surface area contributed by atoms with Crippen molar-refractivity contribution in [1.82, 2.24) is 0 Å². The first-order valence-electron chi connectivity index (χ1n) is 9.69. The summed E-state index contributed by atoms with van der Waals surface area (Å²) in [6.07, 6.45) is 0.278. The fraction of sp³-hybridized carbons (Fsp3) is 0.458. The summed E-state index contributed by atoms with van der Waals surface area (Å²) in [4.78, 5) is 11.5. The lowest BCUT2D eigenvalue weighted by Gasteiger charge is -2.28. The van der Waals surface area contributed by atoms with Crippen molar-refractivity contribution in [3.63, 3.8) is 0 Å². The highest BCUT2D eigenvalue weighted by Gasteiger charge is 2.25. The van der Waals surface area contributed by atoms with Crippen molar-refractivity contribution >= 4 is 5.97 Å². The topological polar surface area (TPSA) is 55.8 Å². The first kappa shape index (κ1) is 22.0. The van der Waals surface area contributed by atoms with Gasteiger partial charge in [-0.2, -0.15) is 0 Å². The van der Waals surface area contributed by atoms with E-state index in [1.165, 1.54) is 7.11 Å². The number of methoxy groups -OCH3 is 1. The Morgan fingerprint density at radius 1 is 1.14 bits per heavy atom. The third-order valence-electron chi connectivity index (χ3n) is 4.82. The van der Waals surface area contributed by atoms with Crippen molar-refractivity contribution in [3.05, 3.63) is 52.6 Å². The van der Waals surface area contributed by atoms with E-state index < -0.39 is 0 Å². The molecule has 0 atom stereocenters. The highest BCUT2D eigenvalue weighted by Crippen LogP contribution is 2.41. The summed E-state index contributed by atoms with van der Waals surface area (Å²) in [5, 5.41) is 10.1. The number of hydrogen-bond acceptors (Lipinski definition) is 4. The van der Waals surface area contributed by atoms with Gasteiger partial charge in [-0.15, -0.1) is 0 Å². The van der Waals surface area contributed by atoms with Crippen LogP contribution in [0.25, 0.3) is 11.1 Å². The highest BCUT2D eigenvalue weighted by molar-refractivity contribution is 5.75. The van der Waals surface area contributed by atoms with Crippen molar-refractivity contribution < 1.29 is 19.4 Å². The Labute approximate surface area is 168 Å². The predicted molar refractivity (Wildman–Crippen MR) is 113 cm³/mol. The van der Waals surface area contributed by atoms with E-state index in [4.69, 9.17) is 9.47 Å². The molecule has 0 radical (unpaired) electrons. The molecule has 2 aromatic rings. The number of esters is 1. The van der Waals surface area contributed by atoms with Gasteiger partial charge in [0.1, 0.15) is 5.75 Å². The molecule has 0 saturated heterocycles. The maximum Gasteiger partial charge on any atom is 0.309 e. The van der Waals surface area contributed by atoms with Crippen molar-refractivity contribution in [1.29, 1.82) is 0 Å². The van der Waals surface area contributed by atoms with Gasteiger partial charge in [-0.25, -0.2) is 0 Å². The lowest BCUT2D eigenvalue weighted by atomic mass is 9.81. The van der Waals surface area contributed by atoms with Crippen LogP contribution in [-0.4, -0.2) is 24.3 Å². The molecule has 0 bridgehead atoms. The molecular weight excluding hydrogens is 352 g/mol. The Hall–Kier alpha value is -2.33. The predicted octanol–water partition coefficient (Wildman–Crippen LogP) is 4.95. The van der Waals surface area contributed by atoms with Crippen molar-refractivity contribution in [2.75, 3.05) is 7.11 Å². The van der Waals surface area contributed by atoms with Crippen LogP contribution in [0.2, 0.25) is 0 Å². The van der Waals surface area contributed by atoms with E-state index in [1.807, 2.05) is 45.0 Å². The molecule has 1 N–H and O–H groups in total. The van der Waals surface area contributed by atoms with Crippen LogP contribution >= 0.6 is 0 Å². The second kappa shape index (κ2) is 8.78. The highest BCUT2D eigenvalue weighted by atomic mass is 16.5. The summed E-state index contributed by atoms with van der Waals surface area (Å²) in [7, 11) is 1.39. The lowest BCUT2D eigenvalue weighted by Crippen LogP contribution is -2.18. The summed E-state index contributed by atoms with van der Waals surface area (Å²) in [6, 6.07) is 10.1. The second-order valence-corrected chi connectivity index (χ2v) is 8.43. The largest absolute Gasteiger partial charge is 0.490 e. The molecule has 152 valence electrons. The summed E-state index contributed by atoms with van der Waals surface area (Å²) < 4.78 is 10.9. The van der Waals surface area contributed by atoms with Crippen molar-refractivity contribution in [2.45, 2.75) is 66.1 Å². The molecule has 0 saturated carbocycles. The smallest absolute Gasteiger partial charge is 0.309 e. The number of ether oxygens (including phenoxy) is 2. The van der Waals surface area contributed by atoms with Gasteiger partial charge < -0.3 is 14.6 Å². The van der Waals surface area contributed by atoms with E-state index in [2.05, 4.69) is 26.8 Å². The minimum absolute atomic E-state index is 0.0225. The van der Waals surface area contributed by atoms with Gasteiger partial charge in [-0.05, 0) is 54.5 Å². The number of aliphatic hydroxyl groups excluding tert-OH is 1. The first-order valence-corrected chi connectivity index (χ1v) is 9.69. The van der Waals surface area contributed by atoms with Crippen LogP contribution in [0, 0.1) is 6.92 Å². The molecule has 4 heteroatoms. The minimum Gasteiger partial charge on any atom is -0.490 e. The van der Waals surface area contributed by atoms with Gasteiger partial charge in [-0.3, -0.25) is 4.79 Å². The zero-order valence-electron chi connectivity index (χ0n) is 18.1. The molecular formula is C24H32O4. The van der Waals surface area contributed by atoms with Gasteiger partial charge in [0.2, 0.25) is 0 Å². The Balaban J connectivity index is 2.60. The molecule has 0 fully saturated rings. The maximum absolute atomic E-state index is 11.5. The summed E-state index contributed by atoms with van der Waals surface area (Å²) in [5.74, 6) is 0.533. The number of rotatable bonds is 6. The standard InChI is InChI=1S/C24H32O4/c1-15(2)28-23-20(14-25)16(3)19(13-21(23)24(4,5)6)18-10-8-17(9-11-18)12-22(26)27-7/h8-11,13,15,25H,12,14H2,1-7H3. The third-order valence-corrected chi connectivity index (χ3v) is 4.82. The molecule has 2 rings (SSSR count). The van der Waals surface area contributed by atoms with E-state index in [0.717, 1.165) is 39.1 Å². The second-order valence-electron chi connectivity index (χ2n) is 8.43. The molecule has 0 aromatic heterocycles. The van der Waals surface area contributed by atoms with Crippen LogP contribution in [0.15, 0.2) is 30.3 Å². The van der Waals surface area contributed by atoms with E-state index in [1.54, 1.807) is 0 Å². The number of aliphatic hydroxyl groups is 1. The third kappa shape index (κ3) is 4.93. The van der Waals surface area contributed by atoms with E-state index in [0.29, 0.717) is 0 Å². The Kier molecular flexibility index (Phi) is 6.89. The van der Waals surface area contributed by atoms with Crippen LogP contribution < -0.4 is 4.74 Å². The zero-order valence-corrected chi connectivity index (χ0v) is 18.1. The van der Waals surface area contributed by atoms with Gasteiger partial charge in [0.05, 0.1) is 26.2 Å². The van der Waals surface area contributed by atoms with Crippen LogP contribution in [0.4, 0.5) is 0 Å². The van der Waals surface area contributed by atoms with Gasteiger partial charge in [0.15, 0.2) is 0 Å².